The second-order valence-corrected chi connectivity index (χ2v) is 4.53. The van der Waals surface area contributed by atoms with E-state index in [1.54, 1.807) is 0 Å². The van der Waals surface area contributed by atoms with Crippen LogP contribution in [-0.4, -0.2) is 18.5 Å². The standard InChI is InChI=1S/C15H18F3N3.HI/c1-3-11(2)21-14(19)20-10-4-5-12-6-8-13(9-7-12)15(16,17)18;/h6-9,11H,3,10H2,1-2H3,(H3,19,20,21);1H. The second kappa shape index (κ2) is 9.56. The third kappa shape index (κ3) is 7.54. The highest BCUT2D eigenvalue weighted by Crippen LogP contribution is 2.28. The molecule has 0 bridgehead atoms. The Morgan fingerprint density at radius 3 is 2.41 bits per heavy atom. The lowest BCUT2D eigenvalue weighted by Crippen LogP contribution is -2.38. The molecule has 0 fully saturated rings. The molecule has 0 saturated carbocycles. The SMILES string of the molecule is CCC(C)NC(N)=NCC#Cc1ccc(C(F)(F)F)cc1.I. The predicted molar refractivity (Wildman–Crippen MR) is 93.1 cm³/mol. The average Bonchev–Trinajstić information content (AvgIpc) is 2.43. The maximum Gasteiger partial charge on any atom is 0.416 e. The van der Waals surface area contributed by atoms with Gasteiger partial charge in [0.15, 0.2) is 5.96 Å². The van der Waals surface area contributed by atoms with Crippen molar-refractivity contribution in [3.05, 3.63) is 35.4 Å². The first-order valence-electron chi connectivity index (χ1n) is 6.55. The summed E-state index contributed by atoms with van der Waals surface area (Å²) < 4.78 is 37.1. The van der Waals surface area contributed by atoms with Crippen LogP contribution in [0.25, 0.3) is 0 Å². The van der Waals surface area contributed by atoms with Gasteiger partial charge >= 0.3 is 6.18 Å². The van der Waals surface area contributed by atoms with Crippen LogP contribution in [0, 0.1) is 11.8 Å². The van der Waals surface area contributed by atoms with E-state index in [2.05, 4.69) is 22.2 Å². The Balaban J connectivity index is 0.00000441. The highest BCUT2D eigenvalue weighted by molar-refractivity contribution is 14.0. The molecule has 1 aromatic carbocycles. The van der Waals surface area contributed by atoms with Crippen molar-refractivity contribution in [1.82, 2.24) is 5.32 Å². The Morgan fingerprint density at radius 1 is 1.32 bits per heavy atom. The Bertz CT molecular complexity index is 542. The largest absolute Gasteiger partial charge is 0.416 e. The fourth-order valence-corrected chi connectivity index (χ4v) is 1.41. The lowest BCUT2D eigenvalue weighted by molar-refractivity contribution is -0.137. The zero-order valence-corrected chi connectivity index (χ0v) is 14.7. The number of nitrogens with two attached hydrogens (primary N) is 1. The van der Waals surface area contributed by atoms with Crippen LogP contribution in [0.1, 0.15) is 31.4 Å². The highest BCUT2D eigenvalue weighted by atomic mass is 127. The fourth-order valence-electron chi connectivity index (χ4n) is 1.41. The maximum absolute atomic E-state index is 12.4. The van der Waals surface area contributed by atoms with Gasteiger partial charge in [-0.3, -0.25) is 0 Å². The fraction of sp³-hybridized carbons (Fsp3) is 0.400. The van der Waals surface area contributed by atoms with Crippen molar-refractivity contribution in [1.29, 1.82) is 0 Å². The normalized spacial score (nSPS) is 12.7. The molecule has 0 spiro atoms. The summed E-state index contributed by atoms with van der Waals surface area (Å²) in [6.45, 7) is 4.20. The minimum Gasteiger partial charge on any atom is -0.370 e. The summed E-state index contributed by atoms with van der Waals surface area (Å²) in [7, 11) is 0. The van der Waals surface area contributed by atoms with Gasteiger partial charge in [0.2, 0.25) is 0 Å². The molecule has 122 valence electrons. The van der Waals surface area contributed by atoms with Gasteiger partial charge < -0.3 is 11.1 Å². The molecule has 1 unspecified atom stereocenters. The number of hydrogen-bond acceptors (Lipinski definition) is 1. The number of aliphatic imine (C=N–C) groups is 1. The third-order valence-corrected chi connectivity index (χ3v) is 2.78. The average molecular weight is 425 g/mol. The van der Waals surface area contributed by atoms with Crippen molar-refractivity contribution in [3.63, 3.8) is 0 Å². The third-order valence-electron chi connectivity index (χ3n) is 2.78. The summed E-state index contributed by atoms with van der Waals surface area (Å²) in [6.07, 6.45) is -3.40. The monoisotopic (exact) mass is 425 g/mol. The highest BCUT2D eigenvalue weighted by Gasteiger charge is 2.29. The zero-order chi connectivity index (χ0) is 15.9. The summed E-state index contributed by atoms with van der Waals surface area (Å²) >= 11 is 0. The molecule has 22 heavy (non-hydrogen) atoms. The van der Waals surface area contributed by atoms with E-state index in [0.29, 0.717) is 11.5 Å². The van der Waals surface area contributed by atoms with Crippen LogP contribution in [0.2, 0.25) is 0 Å². The van der Waals surface area contributed by atoms with Crippen LogP contribution >= 0.6 is 24.0 Å². The number of halogens is 4. The number of rotatable bonds is 3. The Morgan fingerprint density at radius 2 is 1.91 bits per heavy atom. The van der Waals surface area contributed by atoms with E-state index in [1.807, 2.05) is 13.8 Å². The Labute approximate surface area is 145 Å². The topological polar surface area (TPSA) is 50.4 Å². The summed E-state index contributed by atoms with van der Waals surface area (Å²) in [5.41, 5.74) is 5.46. The van der Waals surface area contributed by atoms with Crippen LogP contribution in [0.3, 0.4) is 0 Å². The van der Waals surface area contributed by atoms with E-state index in [0.717, 1.165) is 18.6 Å². The van der Waals surface area contributed by atoms with Crippen molar-refractivity contribution in [2.75, 3.05) is 6.54 Å². The van der Waals surface area contributed by atoms with Gasteiger partial charge in [0.05, 0.1) is 5.56 Å². The number of alkyl halides is 3. The van der Waals surface area contributed by atoms with Crippen molar-refractivity contribution >= 4 is 29.9 Å². The van der Waals surface area contributed by atoms with E-state index < -0.39 is 11.7 Å². The molecule has 1 rings (SSSR count). The van der Waals surface area contributed by atoms with E-state index in [1.165, 1.54) is 12.1 Å². The molecule has 0 aliphatic rings. The van der Waals surface area contributed by atoms with Crippen molar-refractivity contribution in [2.24, 2.45) is 10.7 Å². The first kappa shape index (κ1) is 20.6. The number of nitrogens with zero attached hydrogens (tertiary/aromatic N) is 1. The first-order valence-corrected chi connectivity index (χ1v) is 6.55. The molecule has 0 aliphatic heterocycles. The summed E-state index contributed by atoms with van der Waals surface area (Å²) in [6, 6.07) is 4.91. The molecular formula is C15H19F3IN3. The molecular weight excluding hydrogens is 406 g/mol. The molecule has 0 aliphatic carbocycles. The summed E-state index contributed by atoms with van der Waals surface area (Å²) in [5, 5.41) is 2.99. The van der Waals surface area contributed by atoms with Crippen molar-refractivity contribution in [3.8, 4) is 11.8 Å². The Kier molecular flexibility index (Phi) is 8.94. The predicted octanol–water partition coefficient (Wildman–Crippen LogP) is 3.38. The number of hydrogen-bond donors (Lipinski definition) is 2. The van der Waals surface area contributed by atoms with Gasteiger partial charge in [-0.05, 0) is 37.6 Å². The van der Waals surface area contributed by atoms with E-state index >= 15 is 0 Å². The zero-order valence-electron chi connectivity index (χ0n) is 12.4. The van der Waals surface area contributed by atoms with E-state index in [9.17, 15) is 13.2 Å². The van der Waals surface area contributed by atoms with Crippen LogP contribution < -0.4 is 11.1 Å². The molecule has 0 heterocycles. The Hall–Kier alpha value is -1.43. The molecule has 1 aromatic rings. The lowest BCUT2D eigenvalue weighted by Gasteiger charge is -2.10. The van der Waals surface area contributed by atoms with Crippen LogP contribution in [-0.2, 0) is 6.18 Å². The van der Waals surface area contributed by atoms with Crippen LogP contribution in [0.5, 0.6) is 0 Å². The number of guanidine groups is 1. The number of benzene rings is 1. The second-order valence-electron chi connectivity index (χ2n) is 4.53. The smallest absolute Gasteiger partial charge is 0.370 e. The molecule has 3 N–H and O–H groups in total. The quantitative estimate of drug-likeness (QED) is 0.338. The maximum atomic E-state index is 12.4. The van der Waals surface area contributed by atoms with E-state index in [4.69, 9.17) is 5.73 Å². The van der Waals surface area contributed by atoms with Gasteiger partial charge in [0.1, 0.15) is 6.54 Å². The molecule has 0 amide bonds. The lowest BCUT2D eigenvalue weighted by atomic mass is 10.1. The molecule has 0 aromatic heterocycles. The minimum atomic E-state index is -4.33. The van der Waals surface area contributed by atoms with Gasteiger partial charge in [-0.1, -0.05) is 18.8 Å². The summed E-state index contributed by atoms with van der Waals surface area (Å²) in [4.78, 5) is 4.01. The first-order chi connectivity index (χ1) is 9.82. The molecule has 0 saturated heterocycles. The van der Waals surface area contributed by atoms with Gasteiger partial charge in [0, 0.05) is 11.6 Å². The van der Waals surface area contributed by atoms with Gasteiger partial charge in [0.25, 0.3) is 0 Å². The van der Waals surface area contributed by atoms with Gasteiger partial charge in [-0.2, -0.15) is 13.2 Å². The molecule has 7 heteroatoms. The van der Waals surface area contributed by atoms with Crippen molar-refractivity contribution < 1.29 is 13.2 Å². The molecule has 1 atom stereocenters. The summed E-state index contributed by atoms with van der Waals surface area (Å²) in [5.74, 6) is 5.79. The minimum absolute atomic E-state index is 0. The van der Waals surface area contributed by atoms with E-state index in [-0.39, 0.29) is 36.6 Å². The number of nitrogens with one attached hydrogen (secondary N) is 1. The van der Waals surface area contributed by atoms with Crippen molar-refractivity contribution in [2.45, 2.75) is 32.5 Å². The van der Waals surface area contributed by atoms with Crippen LogP contribution in [0.15, 0.2) is 29.3 Å². The molecule has 3 nitrogen and oxygen atoms in total. The molecule has 0 radical (unpaired) electrons. The van der Waals surface area contributed by atoms with Gasteiger partial charge in [-0.25, -0.2) is 4.99 Å². The van der Waals surface area contributed by atoms with Crippen LogP contribution in [0.4, 0.5) is 13.2 Å². The van der Waals surface area contributed by atoms with Gasteiger partial charge in [-0.15, -0.1) is 24.0 Å².